The van der Waals surface area contributed by atoms with Gasteiger partial charge in [0.2, 0.25) is 0 Å². The van der Waals surface area contributed by atoms with Gasteiger partial charge in [0, 0.05) is 47.3 Å². The summed E-state index contributed by atoms with van der Waals surface area (Å²) < 4.78 is 0. The highest BCUT2D eigenvalue weighted by Crippen LogP contribution is 2.20. The maximum absolute atomic E-state index is 9.28. The fraction of sp³-hybridized carbons (Fsp3) is 1.00. The second-order valence-corrected chi connectivity index (χ2v) is 14.1. The van der Waals surface area contributed by atoms with E-state index in [1.54, 1.807) is 0 Å². The van der Waals surface area contributed by atoms with Gasteiger partial charge >= 0.3 is 0 Å². The molecule has 0 radical (unpaired) electrons. The van der Waals surface area contributed by atoms with Crippen LogP contribution in [0.1, 0.15) is 39.5 Å². The van der Waals surface area contributed by atoms with Crippen LogP contribution in [-0.4, -0.2) is 106 Å². The minimum atomic E-state index is -1.03. The van der Waals surface area contributed by atoms with Gasteiger partial charge in [0.15, 0.2) is 0 Å². The molecule has 0 saturated carbocycles. The first kappa shape index (κ1) is 27.0. The molecule has 2 N–H and O–H groups in total. The van der Waals surface area contributed by atoms with Crippen LogP contribution in [0.2, 0.25) is 25.2 Å². The number of hydrogen-bond acceptors (Lipinski definition) is 5. The van der Waals surface area contributed by atoms with E-state index in [1.165, 1.54) is 37.9 Å². The molecule has 27 heavy (non-hydrogen) atoms. The molecule has 0 spiro atoms. The fourth-order valence-corrected chi connectivity index (χ4v) is 6.24. The SMILES string of the molecule is CCCC[Si](C)(C)CCCN(CCN(C)CCO)CCN(CCC)CCO. The van der Waals surface area contributed by atoms with E-state index < -0.39 is 8.07 Å². The van der Waals surface area contributed by atoms with Crippen LogP contribution < -0.4 is 0 Å². The van der Waals surface area contributed by atoms with E-state index in [4.69, 9.17) is 5.11 Å². The van der Waals surface area contributed by atoms with Crippen molar-refractivity contribution < 1.29 is 10.2 Å². The minimum Gasteiger partial charge on any atom is -0.395 e. The van der Waals surface area contributed by atoms with Crippen molar-refractivity contribution in [3.05, 3.63) is 0 Å². The van der Waals surface area contributed by atoms with Crippen LogP contribution in [0, 0.1) is 0 Å². The molecule has 0 aromatic carbocycles. The van der Waals surface area contributed by atoms with E-state index in [2.05, 4.69) is 48.7 Å². The topological polar surface area (TPSA) is 50.2 Å². The van der Waals surface area contributed by atoms with Crippen molar-refractivity contribution in [2.24, 2.45) is 0 Å². The molecule has 0 amide bonds. The number of nitrogens with zero attached hydrogens (tertiary/aromatic N) is 3. The van der Waals surface area contributed by atoms with E-state index >= 15 is 0 Å². The van der Waals surface area contributed by atoms with Crippen molar-refractivity contribution >= 4 is 8.07 Å². The monoisotopic (exact) mass is 403 g/mol. The van der Waals surface area contributed by atoms with Crippen LogP contribution in [0.5, 0.6) is 0 Å². The fourth-order valence-electron chi connectivity index (χ4n) is 3.57. The second-order valence-electron chi connectivity index (χ2n) is 8.81. The zero-order valence-electron chi connectivity index (χ0n) is 19.0. The highest BCUT2D eigenvalue weighted by atomic mass is 28.3. The number of unbranched alkanes of at least 4 members (excludes halogenated alkanes) is 1. The van der Waals surface area contributed by atoms with Crippen LogP contribution in [0.15, 0.2) is 0 Å². The van der Waals surface area contributed by atoms with Crippen molar-refractivity contribution in [1.82, 2.24) is 14.7 Å². The third-order valence-corrected chi connectivity index (χ3v) is 8.92. The molecule has 6 heteroatoms. The van der Waals surface area contributed by atoms with Crippen LogP contribution in [0.25, 0.3) is 0 Å². The van der Waals surface area contributed by atoms with E-state index in [0.717, 1.165) is 52.2 Å². The van der Waals surface area contributed by atoms with E-state index in [9.17, 15) is 5.11 Å². The second kappa shape index (κ2) is 16.9. The normalized spacial score (nSPS) is 12.7. The molecule has 0 aromatic heterocycles. The highest BCUT2D eigenvalue weighted by molar-refractivity contribution is 6.77. The van der Waals surface area contributed by atoms with Crippen molar-refractivity contribution in [2.75, 3.05) is 72.6 Å². The van der Waals surface area contributed by atoms with Gasteiger partial charge in [-0.15, -0.1) is 0 Å². The molecule has 164 valence electrons. The Morgan fingerprint density at radius 1 is 0.630 bits per heavy atom. The molecule has 0 fully saturated rings. The smallest absolute Gasteiger partial charge is 0.0558 e. The molecule has 5 nitrogen and oxygen atoms in total. The molecular formula is C21H49N3O2Si. The first-order chi connectivity index (χ1) is 12.9. The van der Waals surface area contributed by atoms with Gasteiger partial charge in [0.1, 0.15) is 0 Å². The Bertz CT molecular complexity index is 327. The molecule has 0 atom stereocenters. The molecule has 0 saturated heterocycles. The lowest BCUT2D eigenvalue weighted by atomic mass is 10.3. The largest absolute Gasteiger partial charge is 0.395 e. The average molecular weight is 404 g/mol. The minimum absolute atomic E-state index is 0.231. The lowest BCUT2D eigenvalue weighted by Gasteiger charge is -2.30. The van der Waals surface area contributed by atoms with Crippen molar-refractivity contribution in [3.8, 4) is 0 Å². The van der Waals surface area contributed by atoms with E-state index in [1.807, 2.05) is 0 Å². The molecule has 0 aliphatic rings. The Morgan fingerprint density at radius 2 is 1.19 bits per heavy atom. The average Bonchev–Trinajstić information content (AvgIpc) is 2.62. The predicted molar refractivity (Wildman–Crippen MR) is 121 cm³/mol. The standard InChI is InChI=1S/C21H49N3O2Si/c1-6-8-20-27(4,5)21-9-11-24(13-12-22(3)16-18-25)15-14-23(10-7-2)17-19-26/h25-26H,6-21H2,1-5H3. The Hall–Kier alpha value is 0.0169. The summed E-state index contributed by atoms with van der Waals surface area (Å²) in [5.74, 6) is 0. The zero-order chi connectivity index (χ0) is 20.5. The van der Waals surface area contributed by atoms with Crippen LogP contribution >= 0.6 is 0 Å². The van der Waals surface area contributed by atoms with Gasteiger partial charge < -0.3 is 20.0 Å². The highest BCUT2D eigenvalue weighted by Gasteiger charge is 2.20. The summed E-state index contributed by atoms with van der Waals surface area (Å²) in [5, 5.41) is 18.4. The number of aliphatic hydroxyl groups excluding tert-OH is 2. The summed E-state index contributed by atoms with van der Waals surface area (Å²) in [4.78, 5) is 7.19. The molecule has 0 unspecified atom stereocenters. The van der Waals surface area contributed by atoms with Gasteiger partial charge in [0.25, 0.3) is 0 Å². The van der Waals surface area contributed by atoms with Gasteiger partial charge in [-0.3, -0.25) is 4.90 Å². The summed E-state index contributed by atoms with van der Waals surface area (Å²) >= 11 is 0. The van der Waals surface area contributed by atoms with Crippen LogP contribution in [0.4, 0.5) is 0 Å². The Labute approximate surface area is 170 Å². The lowest BCUT2D eigenvalue weighted by Crippen LogP contribution is -2.41. The first-order valence-electron chi connectivity index (χ1n) is 11.2. The van der Waals surface area contributed by atoms with Crippen LogP contribution in [-0.2, 0) is 0 Å². The number of likely N-dealkylation sites (N-methyl/N-ethyl adjacent to an activating group) is 1. The third kappa shape index (κ3) is 15.6. The summed E-state index contributed by atoms with van der Waals surface area (Å²) in [6.45, 7) is 18.0. The Kier molecular flexibility index (Phi) is 16.9. The molecule has 0 aliphatic carbocycles. The quantitative estimate of drug-likeness (QED) is 0.325. The summed E-state index contributed by atoms with van der Waals surface area (Å²) in [5.41, 5.74) is 0. The van der Waals surface area contributed by atoms with Gasteiger partial charge in [-0.2, -0.15) is 0 Å². The van der Waals surface area contributed by atoms with Gasteiger partial charge in [0.05, 0.1) is 13.2 Å². The molecule has 0 aliphatic heterocycles. The van der Waals surface area contributed by atoms with Crippen molar-refractivity contribution in [2.45, 2.75) is 64.7 Å². The third-order valence-electron chi connectivity index (χ3n) is 5.50. The predicted octanol–water partition coefficient (Wildman–Crippen LogP) is 2.82. The van der Waals surface area contributed by atoms with E-state index in [-0.39, 0.29) is 13.2 Å². The van der Waals surface area contributed by atoms with Gasteiger partial charge in [-0.05, 0) is 33.0 Å². The maximum atomic E-state index is 9.28. The molecule has 0 bridgehead atoms. The zero-order valence-corrected chi connectivity index (χ0v) is 20.0. The number of aliphatic hydroxyl groups is 2. The number of hydrogen-bond donors (Lipinski definition) is 2. The van der Waals surface area contributed by atoms with Crippen molar-refractivity contribution in [1.29, 1.82) is 0 Å². The van der Waals surface area contributed by atoms with Gasteiger partial charge in [-0.1, -0.05) is 51.9 Å². The summed E-state index contributed by atoms with van der Waals surface area (Å²) in [6, 6.07) is 2.88. The molecule has 0 aromatic rings. The van der Waals surface area contributed by atoms with E-state index in [0.29, 0.717) is 0 Å². The Balaban J connectivity index is 4.49. The maximum Gasteiger partial charge on any atom is 0.0558 e. The van der Waals surface area contributed by atoms with Crippen LogP contribution in [0.3, 0.4) is 0 Å². The van der Waals surface area contributed by atoms with Crippen molar-refractivity contribution in [3.63, 3.8) is 0 Å². The van der Waals surface area contributed by atoms with Gasteiger partial charge in [-0.25, -0.2) is 0 Å². The Morgan fingerprint density at radius 3 is 1.74 bits per heavy atom. The first-order valence-corrected chi connectivity index (χ1v) is 14.6. The summed E-state index contributed by atoms with van der Waals surface area (Å²) in [7, 11) is 1.06. The molecule has 0 heterocycles. The number of rotatable bonds is 19. The molecule has 0 rings (SSSR count). The summed E-state index contributed by atoms with van der Waals surface area (Å²) in [6.07, 6.45) is 5.15. The molecular weight excluding hydrogens is 354 g/mol. The lowest BCUT2D eigenvalue weighted by molar-refractivity contribution is 0.155.